The number of benzene rings is 1. The van der Waals surface area contributed by atoms with Crippen LogP contribution in [0, 0.1) is 0 Å². The number of aromatic nitrogens is 1. The smallest absolute Gasteiger partial charge is 0.301 e. The maximum atomic E-state index is 12.5. The van der Waals surface area contributed by atoms with Gasteiger partial charge in [-0.1, -0.05) is 28.1 Å². The zero-order valence-electron chi connectivity index (χ0n) is 10.5. The second-order valence-electron chi connectivity index (χ2n) is 4.14. The third kappa shape index (κ3) is 3.71. The Morgan fingerprint density at radius 2 is 1.33 bits per heavy atom. The van der Waals surface area contributed by atoms with E-state index < -0.39 is 16.1 Å². The van der Waals surface area contributed by atoms with Crippen LogP contribution in [-0.2, 0) is 15.3 Å². The Morgan fingerprint density at radius 3 is 1.76 bits per heavy atom. The Labute approximate surface area is 138 Å². The van der Waals surface area contributed by atoms with E-state index in [1.807, 2.05) is 0 Å². The number of carbonyl (C=O) groups excluding carboxylic acids is 1. The van der Waals surface area contributed by atoms with Crippen LogP contribution in [0.25, 0.3) is 0 Å². The van der Waals surface area contributed by atoms with Crippen LogP contribution in [0.3, 0.4) is 0 Å². The Bertz CT molecular complexity index is 602. The summed E-state index contributed by atoms with van der Waals surface area (Å²) in [6.07, 6.45) is -0.728. The number of rotatable bonds is 3. The van der Waals surface area contributed by atoms with E-state index in [0.717, 1.165) is 12.1 Å². The van der Waals surface area contributed by atoms with E-state index in [1.54, 1.807) is 12.1 Å². The van der Waals surface area contributed by atoms with Crippen molar-refractivity contribution in [1.29, 1.82) is 0 Å². The summed E-state index contributed by atoms with van der Waals surface area (Å²) in [7, 11) is 0. The molecule has 0 saturated heterocycles. The normalized spacial score (nSPS) is 13.9. The van der Waals surface area contributed by atoms with Gasteiger partial charge < -0.3 is 4.79 Å². The number of nitrogens with zero attached hydrogens (tertiary/aromatic N) is 1. The molecule has 0 fully saturated rings. The monoisotopic (exact) mass is 423 g/mol. The molecule has 21 heavy (non-hydrogen) atoms. The molecular formula is C14H10Br2F3NO. The standard InChI is InChI=1S/C14H9BrF3NO.BrH/c15-13(9-20,11-5-7-19-8-6-11)10-1-3-12(4-2-10)14(16,17)18;/h1-9H;1H. The maximum absolute atomic E-state index is 12.5. The van der Waals surface area contributed by atoms with Gasteiger partial charge in [-0.05, 0) is 35.4 Å². The van der Waals surface area contributed by atoms with E-state index in [2.05, 4.69) is 20.9 Å². The van der Waals surface area contributed by atoms with Crippen LogP contribution >= 0.6 is 32.9 Å². The van der Waals surface area contributed by atoms with Gasteiger partial charge >= 0.3 is 6.18 Å². The topological polar surface area (TPSA) is 30.0 Å². The van der Waals surface area contributed by atoms with Gasteiger partial charge in [0.15, 0.2) is 0 Å². The molecular weight excluding hydrogens is 415 g/mol. The van der Waals surface area contributed by atoms with Crippen molar-refractivity contribution in [2.45, 2.75) is 10.5 Å². The van der Waals surface area contributed by atoms with Crippen molar-refractivity contribution in [1.82, 2.24) is 4.98 Å². The first-order valence-corrected chi connectivity index (χ1v) is 6.41. The van der Waals surface area contributed by atoms with E-state index in [-0.39, 0.29) is 17.0 Å². The van der Waals surface area contributed by atoms with E-state index in [1.165, 1.54) is 24.5 Å². The van der Waals surface area contributed by atoms with Gasteiger partial charge in [-0.2, -0.15) is 13.2 Å². The zero-order chi connectivity index (χ0) is 14.8. The fourth-order valence-corrected chi connectivity index (χ4v) is 2.33. The molecule has 2 rings (SSSR count). The van der Waals surface area contributed by atoms with Crippen LogP contribution in [0.1, 0.15) is 16.7 Å². The van der Waals surface area contributed by atoms with Crippen molar-refractivity contribution in [3.05, 3.63) is 65.5 Å². The van der Waals surface area contributed by atoms with Crippen molar-refractivity contribution >= 4 is 39.2 Å². The molecule has 7 heteroatoms. The molecule has 1 aromatic carbocycles. The van der Waals surface area contributed by atoms with Crippen molar-refractivity contribution in [2.75, 3.05) is 0 Å². The van der Waals surface area contributed by atoms with Crippen LogP contribution in [-0.4, -0.2) is 11.3 Å². The van der Waals surface area contributed by atoms with Crippen LogP contribution in [0.5, 0.6) is 0 Å². The van der Waals surface area contributed by atoms with Crippen LogP contribution in [0.2, 0.25) is 0 Å². The number of aldehydes is 1. The molecule has 0 aliphatic rings. The highest BCUT2D eigenvalue weighted by atomic mass is 79.9. The summed E-state index contributed by atoms with van der Waals surface area (Å²) in [5.74, 6) is 0. The molecule has 0 radical (unpaired) electrons. The zero-order valence-corrected chi connectivity index (χ0v) is 13.8. The first kappa shape index (κ1) is 17.8. The highest BCUT2D eigenvalue weighted by molar-refractivity contribution is 9.10. The maximum Gasteiger partial charge on any atom is 0.416 e. The average Bonchev–Trinajstić information content (AvgIpc) is 2.46. The van der Waals surface area contributed by atoms with E-state index in [0.29, 0.717) is 17.4 Å². The molecule has 0 saturated carbocycles. The van der Waals surface area contributed by atoms with Crippen molar-refractivity contribution in [3.63, 3.8) is 0 Å². The predicted molar refractivity (Wildman–Crippen MR) is 81.8 cm³/mol. The number of alkyl halides is 4. The first-order valence-electron chi connectivity index (χ1n) is 5.61. The number of pyridine rings is 1. The predicted octanol–water partition coefficient (Wildman–Crippen LogP) is 4.52. The van der Waals surface area contributed by atoms with E-state index in [9.17, 15) is 18.0 Å². The Kier molecular flexibility index (Phi) is 5.69. The number of halogens is 5. The van der Waals surface area contributed by atoms with Gasteiger partial charge in [-0.15, -0.1) is 17.0 Å². The molecule has 0 N–H and O–H groups in total. The second kappa shape index (κ2) is 6.70. The Hall–Kier alpha value is -1.21. The fraction of sp³-hybridized carbons (Fsp3) is 0.143. The minimum atomic E-state index is -4.40. The van der Waals surface area contributed by atoms with E-state index >= 15 is 0 Å². The van der Waals surface area contributed by atoms with Gasteiger partial charge in [0.25, 0.3) is 0 Å². The summed E-state index contributed by atoms with van der Waals surface area (Å²) in [6, 6.07) is 7.73. The first-order chi connectivity index (χ1) is 9.38. The SMILES string of the molecule is Br.O=CC(Br)(c1ccncc1)c1ccc(C(F)(F)F)cc1. The lowest BCUT2D eigenvalue weighted by Crippen LogP contribution is -2.22. The summed E-state index contributed by atoms with van der Waals surface area (Å²) < 4.78 is 36.4. The molecule has 1 atom stereocenters. The molecule has 1 unspecified atom stereocenters. The quantitative estimate of drug-likeness (QED) is 0.535. The van der Waals surface area contributed by atoms with Gasteiger partial charge in [-0.25, -0.2) is 0 Å². The van der Waals surface area contributed by atoms with E-state index in [4.69, 9.17) is 0 Å². The third-order valence-corrected chi connectivity index (χ3v) is 4.00. The highest BCUT2D eigenvalue weighted by Crippen LogP contribution is 2.38. The number of hydrogen-bond acceptors (Lipinski definition) is 2. The molecule has 0 aliphatic carbocycles. The molecule has 2 nitrogen and oxygen atoms in total. The molecule has 0 spiro atoms. The van der Waals surface area contributed by atoms with Crippen LogP contribution < -0.4 is 0 Å². The van der Waals surface area contributed by atoms with Gasteiger partial charge in [0.2, 0.25) is 0 Å². The highest BCUT2D eigenvalue weighted by Gasteiger charge is 2.34. The van der Waals surface area contributed by atoms with Crippen LogP contribution in [0.4, 0.5) is 13.2 Å². The second-order valence-corrected chi connectivity index (χ2v) is 5.39. The Morgan fingerprint density at radius 1 is 0.905 bits per heavy atom. The average molecular weight is 425 g/mol. The van der Waals surface area contributed by atoms with Gasteiger partial charge in [0.05, 0.1) is 5.56 Å². The molecule has 2 aromatic rings. The minimum Gasteiger partial charge on any atom is -0.301 e. The lowest BCUT2D eigenvalue weighted by molar-refractivity contribution is -0.137. The van der Waals surface area contributed by atoms with Crippen molar-refractivity contribution in [2.24, 2.45) is 0 Å². The number of hydrogen-bond donors (Lipinski definition) is 0. The minimum absolute atomic E-state index is 0. The molecule has 0 aliphatic heterocycles. The summed E-state index contributed by atoms with van der Waals surface area (Å²) >= 11 is 3.30. The lowest BCUT2D eigenvalue weighted by Gasteiger charge is -2.22. The largest absolute Gasteiger partial charge is 0.416 e. The summed E-state index contributed by atoms with van der Waals surface area (Å²) in [5, 5.41) is 0. The molecule has 112 valence electrons. The molecule has 1 heterocycles. The third-order valence-electron chi connectivity index (χ3n) is 2.90. The molecule has 0 amide bonds. The summed E-state index contributed by atoms with van der Waals surface area (Å²) in [5.41, 5.74) is 0.269. The summed E-state index contributed by atoms with van der Waals surface area (Å²) in [4.78, 5) is 15.3. The molecule has 1 aromatic heterocycles. The Balaban J connectivity index is 0.00000220. The van der Waals surface area contributed by atoms with Gasteiger partial charge in [-0.3, -0.25) is 4.98 Å². The van der Waals surface area contributed by atoms with Crippen molar-refractivity contribution < 1.29 is 18.0 Å². The van der Waals surface area contributed by atoms with Crippen molar-refractivity contribution in [3.8, 4) is 0 Å². The van der Waals surface area contributed by atoms with Crippen LogP contribution in [0.15, 0.2) is 48.8 Å². The van der Waals surface area contributed by atoms with Gasteiger partial charge in [0.1, 0.15) is 10.6 Å². The fourth-order valence-electron chi connectivity index (χ4n) is 1.80. The van der Waals surface area contributed by atoms with Gasteiger partial charge in [0, 0.05) is 12.4 Å². The summed E-state index contributed by atoms with van der Waals surface area (Å²) in [6.45, 7) is 0. The molecule has 0 bridgehead atoms. The lowest BCUT2D eigenvalue weighted by atomic mass is 9.92. The number of carbonyl (C=O) groups is 1.